The van der Waals surface area contributed by atoms with Gasteiger partial charge in [0.05, 0.1) is 12.3 Å². The predicted molar refractivity (Wildman–Crippen MR) is 85.1 cm³/mol. The molecule has 0 aromatic carbocycles. The van der Waals surface area contributed by atoms with Gasteiger partial charge in [0, 0.05) is 37.6 Å². The Balaban J connectivity index is 1.71. The molecular formula is C16H17F2N5O3. The van der Waals surface area contributed by atoms with Crippen LogP contribution in [0.4, 0.5) is 8.78 Å². The van der Waals surface area contributed by atoms with Gasteiger partial charge in [-0.05, 0) is 12.5 Å². The monoisotopic (exact) mass is 365 g/mol. The van der Waals surface area contributed by atoms with Crippen LogP contribution in [0.2, 0.25) is 0 Å². The number of fused-ring (bicyclic) bond motifs is 1. The van der Waals surface area contributed by atoms with Crippen molar-refractivity contribution in [1.82, 2.24) is 19.9 Å². The fraction of sp³-hybridized carbons (Fsp3) is 0.500. The molecule has 1 aliphatic carbocycles. The van der Waals surface area contributed by atoms with E-state index in [2.05, 4.69) is 15.4 Å². The maximum Gasteiger partial charge on any atom is 0.270 e. The largest absolute Gasteiger partial charge is 0.381 e. The van der Waals surface area contributed by atoms with Crippen LogP contribution in [0.1, 0.15) is 51.7 Å². The standard InChI is InChI=1S/C16H17F2N5O3/c17-16(18)5-9(6-16)21-15(25)10-1-3-20-14-11(13(19)24)12(22-23(10)14)8-2-4-26-7-8/h1,3,8-9H,2,4-7H2,(H2,19,24)(H,21,25). The van der Waals surface area contributed by atoms with E-state index in [9.17, 15) is 18.4 Å². The minimum Gasteiger partial charge on any atom is -0.381 e. The number of amides is 2. The van der Waals surface area contributed by atoms with Crippen LogP contribution in [-0.2, 0) is 4.74 Å². The number of ether oxygens (including phenoxy) is 1. The lowest BCUT2D eigenvalue weighted by atomic mass is 9.88. The van der Waals surface area contributed by atoms with E-state index in [4.69, 9.17) is 10.5 Å². The number of hydrogen-bond acceptors (Lipinski definition) is 5. The number of nitrogens with one attached hydrogen (secondary N) is 1. The average molecular weight is 365 g/mol. The van der Waals surface area contributed by atoms with Crippen molar-refractivity contribution in [1.29, 1.82) is 0 Å². The molecule has 2 aromatic heterocycles. The number of primary amides is 1. The van der Waals surface area contributed by atoms with Crippen molar-refractivity contribution in [3.63, 3.8) is 0 Å². The van der Waals surface area contributed by atoms with Gasteiger partial charge in [0.2, 0.25) is 0 Å². The van der Waals surface area contributed by atoms with E-state index in [1.807, 2.05) is 0 Å². The third-order valence-electron chi connectivity index (χ3n) is 4.77. The molecule has 1 unspecified atom stereocenters. The molecule has 1 atom stereocenters. The second kappa shape index (κ2) is 5.97. The first-order valence-electron chi connectivity index (χ1n) is 8.29. The lowest BCUT2D eigenvalue weighted by Crippen LogP contribution is -2.50. The zero-order chi connectivity index (χ0) is 18.5. The fourth-order valence-corrected chi connectivity index (χ4v) is 3.43. The zero-order valence-corrected chi connectivity index (χ0v) is 13.7. The van der Waals surface area contributed by atoms with Crippen LogP contribution in [0.25, 0.3) is 5.65 Å². The van der Waals surface area contributed by atoms with E-state index < -0.39 is 23.8 Å². The quantitative estimate of drug-likeness (QED) is 0.835. The number of hydrogen-bond donors (Lipinski definition) is 2. The lowest BCUT2D eigenvalue weighted by molar-refractivity contribution is -0.0901. The molecule has 8 nitrogen and oxygen atoms in total. The Hall–Kier alpha value is -2.62. The molecule has 2 fully saturated rings. The molecule has 1 aliphatic heterocycles. The average Bonchev–Trinajstić information content (AvgIpc) is 3.19. The molecule has 0 radical (unpaired) electrons. The molecule has 0 bridgehead atoms. The molecule has 4 rings (SSSR count). The number of halogens is 2. The zero-order valence-electron chi connectivity index (χ0n) is 13.7. The van der Waals surface area contributed by atoms with Crippen LogP contribution in [0.15, 0.2) is 12.3 Å². The summed E-state index contributed by atoms with van der Waals surface area (Å²) >= 11 is 0. The van der Waals surface area contributed by atoms with Crippen LogP contribution < -0.4 is 11.1 Å². The van der Waals surface area contributed by atoms with E-state index in [-0.39, 0.29) is 35.7 Å². The summed E-state index contributed by atoms with van der Waals surface area (Å²) in [5, 5.41) is 6.94. The summed E-state index contributed by atoms with van der Waals surface area (Å²) in [5.41, 5.74) is 6.38. The fourth-order valence-electron chi connectivity index (χ4n) is 3.43. The van der Waals surface area contributed by atoms with Crippen molar-refractivity contribution in [2.45, 2.75) is 37.1 Å². The third kappa shape index (κ3) is 2.79. The first-order valence-corrected chi connectivity index (χ1v) is 8.29. The molecule has 2 aliphatic rings. The van der Waals surface area contributed by atoms with Gasteiger partial charge in [-0.15, -0.1) is 0 Å². The highest BCUT2D eigenvalue weighted by atomic mass is 19.3. The first-order chi connectivity index (χ1) is 12.4. The van der Waals surface area contributed by atoms with Crippen molar-refractivity contribution < 1.29 is 23.1 Å². The Morgan fingerprint density at radius 3 is 2.77 bits per heavy atom. The van der Waals surface area contributed by atoms with Crippen molar-refractivity contribution in [2.75, 3.05) is 13.2 Å². The minimum atomic E-state index is -2.73. The topological polar surface area (TPSA) is 112 Å². The summed E-state index contributed by atoms with van der Waals surface area (Å²) in [5.74, 6) is -4.08. The Bertz CT molecular complexity index is 883. The van der Waals surface area contributed by atoms with Crippen LogP contribution in [0.3, 0.4) is 0 Å². The number of rotatable bonds is 4. The van der Waals surface area contributed by atoms with Crippen molar-refractivity contribution in [3.05, 3.63) is 29.2 Å². The lowest BCUT2D eigenvalue weighted by Gasteiger charge is -2.35. The van der Waals surface area contributed by atoms with Crippen LogP contribution >= 0.6 is 0 Å². The van der Waals surface area contributed by atoms with Crippen LogP contribution in [0, 0.1) is 0 Å². The summed E-state index contributed by atoms with van der Waals surface area (Å²) in [7, 11) is 0. The van der Waals surface area contributed by atoms with Gasteiger partial charge in [-0.25, -0.2) is 18.3 Å². The van der Waals surface area contributed by atoms with Gasteiger partial charge in [0.1, 0.15) is 11.3 Å². The van der Waals surface area contributed by atoms with Crippen molar-refractivity contribution >= 4 is 17.5 Å². The van der Waals surface area contributed by atoms with E-state index >= 15 is 0 Å². The predicted octanol–water partition coefficient (Wildman–Crippen LogP) is 0.860. The molecule has 138 valence electrons. The SMILES string of the molecule is NC(=O)c1c(C2CCOC2)nn2c(C(=O)NC3CC(F)(F)C3)ccnc12. The number of carbonyl (C=O) groups excluding carboxylic acids is 2. The smallest absolute Gasteiger partial charge is 0.270 e. The first kappa shape index (κ1) is 16.8. The van der Waals surface area contributed by atoms with Gasteiger partial charge in [0.15, 0.2) is 5.65 Å². The van der Waals surface area contributed by atoms with Crippen LogP contribution in [0.5, 0.6) is 0 Å². The molecule has 3 N–H and O–H groups in total. The summed E-state index contributed by atoms with van der Waals surface area (Å²) < 4.78 is 32.5. The molecule has 10 heteroatoms. The van der Waals surface area contributed by atoms with E-state index in [1.165, 1.54) is 16.8 Å². The van der Waals surface area contributed by atoms with Crippen molar-refractivity contribution in [2.24, 2.45) is 5.73 Å². The summed E-state index contributed by atoms with van der Waals surface area (Å²) in [6.45, 7) is 0.955. The Kier molecular flexibility index (Phi) is 3.87. The van der Waals surface area contributed by atoms with Gasteiger partial charge in [-0.2, -0.15) is 5.10 Å². The number of alkyl halides is 2. The summed E-state index contributed by atoms with van der Waals surface area (Å²) in [4.78, 5) is 28.6. The molecule has 0 spiro atoms. The van der Waals surface area contributed by atoms with Gasteiger partial charge >= 0.3 is 0 Å². The maximum atomic E-state index is 13.0. The highest BCUT2D eigenvalue weighted by Gasteiger charge is 2.46. The molecule has 26 heavy (non-hydrogen) atoms. The minimum absolute atomic E-state index is 0.109. The van der Waals surface area contributed by atoms with Crippen LogP contribution in [-0.4, -0.2) is 51.6 Å². The Morgan fingerprint density at radius 2 is 2.15 bits per heavy atom. The molecule has 2 amide bonds. The van der Waals surface area contributed by atoms with Crippen molar-refractivity contribution in [3.8, 4) is 0 Å². The highest BCUT2D eigenvalue weighted by Crippen LogP contribution is 2.37. The third-order valence-corrected chi connectivity index (χ3v) is 4.77. The van der Waals surface area contributed by atoms with E-state index in [0.717, 1.165) is 0 Å². The molecule has 1 saturated carbocycles. The number of nitrogens with two attached hydrogens (primary N) is 1. The van der Waals surface area contributed by atoms with E-state index in [0.29, 0.717) is 25.3 Å². The Labute approximate surface area is 146 Å². The second-order valence-electron chi connectivity index (χ2n) is 6.69. The number of carbonyl (C=O) groups is 2. The number of aromatic nitrogens is 3. The summed E-state index contributed by atoms with van der Waals surface area (Å²) in [6.07, 6.45) is 1.28. The molecular weight excluding hydrogens is 348 g/mol. The maximum absolute atomic E-state index is 13.0. The van der Waals surface area contributed by atoms with Gasteiger partial charge in [-0.1, -0.05) is 0 Å². The second-order valence-corrected chi connectivity index (χ2v) is 6.69. The molecule has 1 saturated heterocycles. The van der Waals surface area contributed by atoms with Gasteiger partial charge in [0.25, 0.3) is 17.7 Å². The summed E-state index contributed by atoms with van der Waals surface area (Å²) in [6, 6.07) is 0.834. The van der Waals surface area contributed by atoms with E-state index in [1.54, 1.807) is 0 Å². The molecule has 2 aromatic rings. The van der Waals surface area contributed by atoms with Gasteiger partial charge in [-0.3, -0.25) is 9.59 Å². The Morgan fingerprint density at radius 1 is 1.38 bits per heavy atom. The van der Waals surface area contributed by atoms with Gasteiger partial charge < -0.3 is 15.8 Å². The highest BCUT2D eigenvalue weighted by molar-refractivity contribution is 6.01. The number of nitrogens with zero attached hydrogens (tertiary/aromatic N) is 3. The normalized spacial score (nSPS) is 22.3. The molecule has 3 heterocycles.